The van der Waals surface area contributed by atoms with Crippen molar-refractivity contribution in [2.24, 2.45) is 17.1 Å². The molecule has 0 aliphatic heterocycles. The maximum Gasteiger partial charge on any atom is 0.211 e. The smallest absolute Gasteiger partial charge is 0.211 e. The number of hydrogen-bond donors (Lipinski definition) is 2. The molecule has 0 bridgehead atoms. The maximum atomic E-state index is 11.4. The van der Waals surface area contributed by atoms with Gasteiger partial charge in [-0.05, 0) is 30.7 Å². The Morgan fingerprint density at radius 2 is 2.07 bits per heavy atom. The van der Waals surface area contributed by atoms with E-state index in [4.69, 9.17) is 5.73 Å². The van der Waals surface area contributed by atoms with Crippen molar-refractivity contribution < 1.29 is 8.42 Å². The Bertz CT molecular complexity index is 285. The first-order valence-electron chi connectivity index (χ1n) is 5.05. The van der Waals surface area contributed by atoms with Crippen molar-refractivity contribution in [2.75, 3.05) is 18.8 Å². The van der Waals surface area contributed by atoms with Crippen molar-refractivity contribution in [3.05, 3.63) is 0 Å². The zero-order valence-corrected chi connectivity index (χ0v) is 9.73. The Morgan fingerprint density at radius 1 is 1.50 bits per heavy atom. The van der Waals surface area contributed by atoms with Crippen molar-refractivity contribution in [1.82, 2.24) is 4.72 Å². The van der Waals surface area contributed by atoms with Crippen LogP contribution in [0.3, 0.4) is 0 Å². The highest BCUT2D eigenvalue weighted by Gasteiger charge is 2.45. The molecule has 5 heteroatoms. The van der Waals surface area contributed by atoms with E-state index < -0.39 is 10.0 Å². The lowest BCUT2D eigenvalue weighted by Gasteiger charge is -2.06. The predicted molar refractivity (Wildman–Crippen MR) is 57.3 cm³/mol. The van der Waals surface area contributed by atoms with E-state index in [2.05, 4.69) is 18.6 Å². The largest absolute Gasteiger partial charge is 0.330 e. The van der Waals surface area contributed by atoms with Crippen LogP contribution in [0.5, 0.6) is 0 Å². The van der Waals surface area contributed by atoms with Crippen molar-refractivity contribution in [1.29, 1.82) is 0 Å². The van der Waals surface area contributed by atoms with Gasteiger partial charge in [-0.25, -0.2) is 13.1 Å². The third-order valence-electron chi connectivity index (χ3n) is 2.88. The predicted octanol–water partition coefficient (Wildman–Crippen LogP) is 0.301. The molecule has 0 aromatic rings. The van der Waals surface area contributed by atoms with Crippen molar-refractivity contribution in [3.8, 4) is 0 Å². The van der Waals surface area contributed by atoms with Crippen LogP contribution in [-0.4, -0.2) is 27.3 Å². The Labute approximate surface area is 86.3 Å². The zero-order valence-electron chi connectivity index (χ0n) is 8.91. The number of sulfonamides is 1. The molecule has 0 radical (unpaired) electrons. The Morgan fingerprint density at radius 3 is 2.50 bits per heavy atom. The summed E-state index contributed by atoms with van der Waals surface area (Å²) in [6, 6.07) is 0. The fraction of sp³-hybridized carbons (Fsp3) is 1.00. The summed E-state index contributed by atoms with van der Waals surface area (Å²) in [4.78, 5) is 0. The third-order valence-corrected chi connectivity index (χ3v) is 4.32. The van der Waals surface area contributed by atoms with Crippen LogP contribution in [-0.2, 0) is 10.0 Å². The molecule has 1 saturated carbocycles. The van der Waals surface area contributed by atoms with Gasteiger partial charge in [0.15, 0.2) is 0 Å². The summed E-state index contributed by atoms with van der Waals surface area (Å²) in [5, 5.41) is 0. The Kier molecular flexibility index (Phi) is 3.55. The van der Waals surface area contributed by atoms with Crippen molar-refractivity contribution >= 4 is 10.0 Å². The highest BCUT2D eigenvalue weighted by Crippen LogP contribution is 2.51. The summed E-state index contributed by atoms with van der Waals surface area (Å²) in [6.07, 6.45) is 1.65. The summed E-state index contributed by atoms with van der Waals surface area (Å²) in [5.74, 6) is 0.659. The molecule has 14 heavy (non-hydrogen) atoms. The van der Waals surface area contributed by atoms with Gasteiger partial charge in [0.25, 0.3) is 0 Å². The van der Waals surface area contributed by atoms with Gasteiger partial charge < -0.3 is 5.73 Å². The molecule has 1 rings (SSSR count). The van der Waals surface area contributed by atoms with E-state index in [0.717, 1.165) is 6.42 Å². The second-order valence-electron chi connectivity index (χ2n) is 4.70. The van der Waals surface area contributed by atoms with E-state index in [1.165, 1.54) is 0 Å². The van der Waals surface area contributed by atoms with E-state index in [0.29, 0.717) is 30.8 Å². The normalized spacial score (nSPS) is 24.9. The van der Waals surface area contributed by atoms with Crippen molar-refractivity contribution in [3.63, 3.8) is 0 Å². The van der Waals surface area contributed by atoms with Crippen LogP contribution in [0.2, 0.25) is 0 Å². The summed E-state index contributed by atoms with van der Waals surface area (Å²) in [5.41, 5.74) is 5.58. The number of rotatable bonds is 6. The molecule has 0 spiro atoms. The molecule has 0 aromatic carbocycles. The molecule has 84 valence electrons. The van der Waals surface area contributed by atoms with Gasteiger partial charge in [0.05, 0.1) is 5.75 Å². The van der Waals surface area contributed by atoms with Gasteiger partial charge in [-0.15, -0.1) is 0 Å². The minimum atomic E-state index is -3.08. The van der Waals surface area contributed by atoms with E-state index >= 15 is 0 Å². The maximum absolute atomic E-state index is 11.4. The molecule has 0 saturated heterocycles. The van der Waals surface area contributed by atoms with Crippen LogP contribution in [0.15, 0.2) is 0 Å². The molecule has 4 nitrogen and oxygen atoms in total. The Hall–Kier alpha value is -0.130. The Balaban J connectivity index is 2.24. The zero-order chi connectivity index (χ0) is 10.8. The van der Waals surface area contributed by atoms with Crippen LogP contribution in [0.25, 0.3) is 0 Å². The fourth-order valence-electron chi connectivity index (χ4n) is 1.50. The van der Waals surface area contributed by atoms with Gasteiger partial charge in [-0.2, -0.15) is 0 Å². The highest BCUT2D eigenvalue weighted by molar-refractivity contribution is 7.89. The van der Waals surface area contributed by atoms with Gasteiger partial charge in [-0.3, -0.25) is 0 Å². The minimum absolute atomic E-state index is 0.149. The van der Waals surface area contributed by atoms with Crippen LogP contribution in [0.1, 0.15) is 26.7 Å². The average molecular weight is 220 g/mol. The molecule has 1 aliphatic carbocycles. The molecule has 1 atom stereocenters. The second kappa shape index (κ2) is 4.16. The minimum Gasteiger partial charge on any atom is -0.330 e. The molecule has 3 N–H and O–H groups in total. The summed E-state index contributed by atoms with van der Waals surface area (Å²) in [7, 11) is -3.08. The standard InChI is InChI=1S/C9H20N2O2S/c1-9(2)6-8(9)7-11-14(12,13)5-3-4-10/h8,11H,3-7,10H2,1-2H3. The van der Waals surface area contributed by atoms with Crippen LogP contribution in [0, 0.1) is 11.3 Å². The molecule has 1 aliphatic rings. The van der Waals surface area contributed by atoms with Gasteiger partial charge in [0, 0.05) is 6.54 Å². The number of nitrogens with two attached hydrogens (primary N) is 1. The van der Waals surface area contributed by atoms with Crippen LogP contribution >= 0.6 is 0 Å². The van der Waals surface area contributed by atoms with Gasteiger partial charge in [0.1, 0.15) is 0 Å². The van der Waals surface area contributed by atoms with E-state index in [9.17, 15) is 8.42 Å². The molecule has 1 unspecified atom stereocenters. The first-order chi connectivity index (χ1) is 6.37. The molecular weight excluding hydrogens is 200 g/mol. The lowest BCUT2D eigenvalue weighted by Crippen LogP contribution is -2.29. The summed E-state index contributed by atoms with van der Waals surface area (Å²) in [6.45, 7) is 5.33. The van der Waals surface area contributed by atoms with Gasteiger partial charge in [-0.1, -0.05) is 13.8 Å². The second-order valence-corrected chi connectivity index (χ2v) is 6.63. The van der Waals surface area contributed by atoms with E-state index in [1.54, 1.807) is 0 Å². The first-order valence-corrected chi connectivity index (χ1v) is 6.70. The monoisotopic (exact) mass is 220 g/mol. The molecule has 0 amide bonds. The van der Waals surface area contributed by atoms with E-state index in [1.807, 2.05) is 0 Å². The topological polar surface area (TPSA) is 72.2 Å². The first kappa shape index (κ1) is 11.9. The molecule has 0 heterocycles. The molecule has 0 aromatic heterocycles. The van der Waals surface area contributed by atoms with Gasteiger partial charge >= 0.3 is 0 Å². The van der Waals surface area contributed by atoms with Crippen LogP contribution in [0.4, 0.5) is 0 Å². The van der Waals surface area contributed by atoms with Crippen LogP contribution < -0.4 is 10.5 Å². The third kappa shape index (κ3) is 3.55. The lowest BCUT2D eigenvalue weighted by molar-refractivity contribution is 0.537. The number of hydrogen-bond acceptors (Lipinski definition) is 3. The quantitative estimate of drug-likeness (QED) is 0.676. The fourth-order valence-corrected chi connectivity index (χ4v) is 2.64. The summed E-state index contributed by atoms with van der Waals surface area (Å²) < 4.78 is 25.4. The highest BCUT2D eigenvalue weighted by atomic mass is 32.2. The van der Waals surface area contributed by atoms with Gasteiger partial charge in [0.2, 0.25) is 10.0 Å². The number of nitrogens with one attached hydrogen (secondary N) is 1. The molecule has 1 fully saturated rings. The van der Waals surface area contributed by atoms with E-state index in [-0.39, 0.29) is 5.75 Å². The SMILES string of the molecule is CC1(C)CC1CNS(=O)(=O)CCCN. The average Bonchev–Trinajstić information content (AvgIpc) is 2.68. The molecular formula is C9H20N2O2S. The van der Waals surface area contributed by atoms with Crippen molar-refractivity contribution in [2.45, 2.75) is 26.7 Å². The lowest BCUT2D eigenvalue weighted by atomic mass is 10.1. The summed E-state index contributed by atoms with van der Waals surface area (Å²) >= 11 is 0.